The fourth-order valence-corrected chi connectivity index (χ4v) is 2.85. The van der Waals surface area contributed by atoms with E-state index >= 15 is 0 Å². The minimum Gasteiger partial charge on any atom is -0.360 e. The van der Waals surface area contributed by atoms with E-state index in [0.29, 0.717) is 11.2 Å². The smallest absolute Gasteiger partial charge is 0.360 e. The van der Waals surface area contributed by atoms with Gasteiger partial charge in [0.15, 0.2) is 5.11 Å². The van der Waals surface area contributed by atoms with E-state index < -0.39 is 11.7 Å². The van der Waals surface area contributed by atoms with E-state index in [-0.39, 0.29) is 12.1 Å². The molecule has 0 spiro atoms. The molecule has 1 aliphatic rings. The van der Waals surface area contributed by atoms with Crippen LogP contribution >= 0.6 is 12.2 Å². The summed E-state index contributed by atoms with van der Waals surface area (Å²) in [6.07, 6.45) is 1.41. The third-order valence-corrected chi connectivity index (χ3v) is 3.96. The maximum absolute atomic E-state index is 12.9. The molecular weight excluding hydrogens is 297 g/mol. The molecule has 1 fully saturated rings. The fourth-order valence-electron chi connectivity index (χ4n) is 2.61. The summed E-state index contributed by atoms with van der Waals surface area (Å²) in [6, 6.07) is 5.90. The van der Waals surface area contributed by atoms with Gasteiger partial charge in [-0.1, -0.05) is 37.5 Å². The Morgan fingerprint density at radius 3 is 2.48 bits per heavy atom. The van der Waals surface area contributed by atoms with Gasteiger partial charge in [-0.3, -0.25) is 0 Å². The molecule has 1 saturated carbocycles. The van der Waals surface area contributed by atoms with Crippen LogP contribution in [0.1, 0.15) is 43.2 Å². The number of alkyl halides is 3. The Kier molecular flexibility index (Phi) is 5.45. The molecule has 2 nitrogen and oxygen atoms in total. The van der Waals surface area contributed by atoms with Gasteiger partial charge in [0.05, 0.1) is 5.56 Å². The van der Waals surface area contributed by atoms with Crippen molar-refractivity contribution in [3.8, 4) is 0 Å². The van der Waals surface area contributed by atoms with Crippen molar-refractivity contribution >= 4 is 17.3 Å². The van der Waals surface area contributed by atoms with E-state index in [4.69, 9.17) is 12.2 Å². The molecule has 6 heteroatoms. The van der Waals surface area contributed by atoms with E-state index in [1.807, 2.05) is 0 Å². The van der Waals surface area contributed by atoms with Gasteiger partial charge in [-0.25, -0.2) is 0 Å². The average molecular weight is 316 g/mol. The lowest BCUT2D eigenvalue weighted by atomic mass is 9.96. The van der Waals surface area contributed by atoms with Crippen molar-refractivity contribution in [3.05, 3.63) is 35.4 Å². The monoisotopic (exact) mass is 316 g/mol. The van der Waals surface area contributed by atoms with Gasteiger partial charge >= 0.3 is 6.18 Å². The molecule has 0 heterocycles. The zero-order valence-corrected chi connectivity index (χ0v) is 12.5. The Morgan fingerprint density at radius 1 is 1.14 bits per heavy atom. The predicted molar refractivity (Wildman–Crippen MR) is 80.9 cm³/mol. The molecule has 0 bridgehead atoms. The summed E-state index contributed by atoms with van der Waals surface area (Å²) in [7, 11) is 0. The normalized spacial score (nSPS) is 16.5. The van der Waals surface area contributed by atoms with Crippen LogP contribution in [0.5, 0.6) is 0 Å². The van der Waals surface area contributed by atoms with Crippen molar-refractivity contribution in [2.75, 3.05) is 0 Å². The van der Waals surface area contributed by atoms with Crippen molar-refractivity contribution in [1.82, 2.24) is 10.6 Å². The summed E-state index contributed by atoms with van der Waals surface area (Å²) >= 11 is 5.17. The van der Waals surface area contributed by atoms with Crippen molar-refractivity contribution < 1.29 is 13.2 Å². The molecule has 1 aromatic carbocycles. The first-order valence-corrected chi connectivity index (χ1v) is 7.57. The number of hydrogen-bond acceptors (Lipinski definition) is 1. The van der Waals surface area contributed by atoms with E-state index in [2.05, 4.69) is 10.6 Å². The first-order valence-electron chi connectivity index (χ1n) is 7.16. The molecule has 21 heavy (non-hydrogen) atoms. The Balaban J connectivity index is 1.89. The van der Waals surface area contributed by atoms with E-state index in [1.54, 1.807) is 6.07 Å². The Labute approximate surface area is 128 Å². The number of rotatable bonds is 3. The highest BCUT2D eigenvalue weighted by atomic mass is 32.1. The number of benzene rings is 1. The van der Waals surface area contributed by atoms with Crippen molar-refractivity contribution in [2.24, 2.45) is 0 Å². The van der Waals surface area contributed by atoms with Crippen molar-refractivity contribution in [2.45, 2.75) is 50.9 Å². The van der Waals surface area contributed by atoms with Crippen LogP contribution in [0.25, 0.3) is 0 Å². The Morgan fingerprint density at radius 2 is 1.81 bits per heavy atom. The molecular formula is C15H19F3N2S. The van der Waals surface area contributed by atoms with Crippen LogP contribution in [0, 0.1) is 0 Å². The van der Waals surface area contributed by atoms with Crippen LogP contribution in [0.3, 0.4) is 0 Å². The quantitative estimate of drug-likeness (QED) is 0.824. The Hall–Kier alpha value is -1.30. The SMILES string of the molecule is FC(F)(F)c1ccccc1CNC(=S)NC1CCCCC1. The maximum Gasteiger partial charge on any atom is 0.416 e. The van der Waals surface area contributed by atoms with Gasteiger partial charge in [0.2, 0.25) is 0 Å². The van der Waals surface area contributed by atoms with Crippen LogP contribution in [0.4, 0.5) is 13.2 Å². The largest absolute Gasteiger partial charge is 0.416 e. The van der Waals surface area contributed by atoms with Gasteiger partial charge in [0, 0.05) is 12.6 Å². The molecule has 2 N–H and O–H groups in total. The lowest BCUT2D eigenvalue weighted by Crippen LogP contribution is -2.42. The van der Waals surface area contributed by atoms with Gasteiger partial charge < -0.3 is 10.6 Å². The Bertz CT molecular complexity index is 482. The highest BCUT2D eigenvalue weighted by Gasteiger charge is 2.32. The summed E-state index contributed by atoms with van der Waals surface area (Å²) in [5.41, 5.74) is -0.407. The second kappa shape index (κ2) is 7.11. The number of halogens is 3. The highest BCUT2D eigenvalue weighted by molar-refractivity contribution is 7.80. The van der Waals surface area contributed by atoms with E-state index in [0.717, 1.165) is 18.9 Å². The van der Waals surface area contributed by atoms with Crippen molar-refractivity contribution in [1.29, 1.82) is 0 Å². The lowest BCUT2D eigenvalue weighted by molar-refractivity contribution is -0.138. The van der Waals surface area contributed by atoms with Crippen LogP contribution in [-0.4, -0.2) is 11.2 Å². The van der Waals surface area contributed by atoms with Gasteiger partial charge in [0.25, 0.3) is 0 Å². The maximum atomic E-state index is 12.9. The minimum absolute atomic E-state index is 0.0776. The summed E-state index contributed by atoms with van der Waals surface area (Å²) in [5, 5.41) is 6.49. The molecule has 0 atom stereocenters. The zero-order valence-electron chi connectivity index (χ0n) is 11.7. The molecule has 1 aliphatic carbocycles. The first-order chi connectivity index (χ1) is 9.97. The van der Waals surface area contributed by atoms with Gasteiger partial charge in [0.1, 0.15) is 0 Å². The van der Waals surface area contributed by atoms with Crippen LogP contribution < -0.4 is 10.6 Å². The van der Waals surface area contributed by atoms with Crippen LogP contribution in [0.15, 0.2) is 24.3 Å². The molecule has 0 aromatic heterocycles. The highest BCUT2D eigenvalue weighted by Crippen LogP contribution is 2.31. The molecule has 0 saturated heterocycles. The number of nitrogens with one attached hydrogen (secondary N) is 2. The number of thiocarbonyl (C=S) groups is 1. The predicted octanol–water partition coefficient (Wildman–Crippen LogP) is 4.00. The fraction of sp³-hybridized carbons (Fsp3) is 0.533. The van der Waals surface area contributed by atoms with E-state index in [9.17, 15) is 13.2 Å². The standard InChI is InChI=1S/C15H19F3N2S/c16-15(17,18)13-9-5-4-6-11(13)10-19-14(21)20-12-7-2-1-3-8-12/h4-6,9,12H,1-3,7-8,10H2,(H2,19,20,21). The molecule has 0 aliphatic heterocycles. The third-order valence-electron chi connectivity index (χ3n) is 3.70. The average Bonchev–Trinajstić information content (AvgIpc) is 2.45. The summed E-state index contributed by atoms with van der Waals surface area (Å²) in [4.78, 5) is 0. The van der Waals surface area contributed by atoms with Gasteiger partial charge in [-0.05, 0) is 36.7 Å². The van der Waals surface area contributed by atoms with Gasteiger partial charge in [-0.15, -0.1) is 0 Å². The van der Waals surface area contributed by atoms with Crippen LogP contribution in [0.2, 0.25) is 0 Å². The molecule has 1 aromatic rings. The first kappa shape index (κ1) is 16.1. The van der Waals surface area contributed by atoms with Crippen LogP contribution in [-0.2, 0) is 12.7 Å². The summed E-state index contributed by atoms with van der Waals surface area (Å²) in [5.74, 6) is 0. The molecule has 2 rings (SSSR count). The topological polar surface area (TPSA) is 24.1 Å². The zero-order chi connectivity index (χ0) is 15.3. The van der Waals surface area contributed by atoms with Crippen molar-refractivity contribution in [3.63, 3.8) is 0 Å². The summed E-state index contributed by atoms with van der Waals surface area (Å²) < 4.78 is 38.6. The summed E-state index contributed by atoms with van der Waals surface area (Å²) in [6.45, 7) is 0.0776. The second-order valence-corrected chi connectivity index (χ2v) is 5.73. The minimum atomic E-state index is -4.34. The molecule has 0 amide bonds. The van der Waals surface area contributed by atoms with Gasteiger partial charge in [-0.2, -0.15) is 13.2 Å². The molecule has 116 valence electrons. The number of hydrogen-bond donors (Lipinski definition) is 2. The second-order valence-electron chi connectivity index (χ2n) is 5.32. The molecule has 0 unspecified atom stereocenters. The third kappa shape index (κ3) is 4.88. The lowest BCUT2D eigenvalue weighted by Gasteiger charge is -2.24. The van der Waals surface area contributed by atoms with E-state index in [1.165, 1.54) is 31.4 Å². The molecule has 0 radical (unpaired) electrons.